The predicted octanol–water partition coefficient (Wildman–Crippen LogP) is 1.79. The number of likely N-dealkylation sites (N-methyl/N-ethyl adjacent to an activating group) is 1. The van der Waals surface area contributed by atoms with Crippen LogP contribution in [0.25, 0.3) is 6.08 Å². The fourth-order valence-corrected chi connectivity index (χ4v) is 0.982. The fraction of sp³-hybridized carbons (Fsp3) is 0.182. The lowest BCUT2D eigenvalue weighted by atomic mass is 10.1. The molecule has 0 aliphatic rings. The molecule has 0 aliphatic heterocycles. The number of hydrogen-bond donors (Lipinski definition) is 1. The van der Waals surface area contributed by atoms with Gasteiger partial charge in [0.1, 0.15) is 0 Å². The fourth-order valence-electron chi connectivity index (χ4n) is 0.982. The Morgan fingerprint density at radius 3 is 2.62 bits per heavy atom. The smallest absolute Gasteiger partial charge is 0.0991 e. The van der Waals surface area contributed by atoms with Crippen LogP contribution in [0.2, 0.25) is 0 Å². The molecular weight excluding hydrogens is 160 g/mol. The summed E-state index contributed by atoms with van der Waals surface area (Å²) in [6.45, 7) is 0.861. The van der Waals surface area contributed by atoms with Crippen molar-refractivity contribution in [2.45, 2.75) is 0 Å². The molecule has 1 aromatic rings. The zero-order chi connectivity index (χ0) is 9.52. The Kier molecular flexibility index (Phi) is 3.74. The van der Waals surface area contributed by atoms with E-state index in [0.717, 1.165) is 12.1 Å². The van der Waals surface area contributed by atoms with E-state index >= 15 is 0 Å². The van der Waals surface area contributed by atoms with Crippen LogP contribution in [0.4, 0.5) is 0 Å². The average molecular weight is 172 g/mol. The molecular formula is C11H12N2. The topological polar surface area (TPSA) is 35.8 Å². The first-order valence-electron chi connectivity index (χ1n) is 4.18. The van der Waals surface area contributed by atoms with E-state index in [1.165, 1.54) is 0 Å². The maximum Gasteiger partial charge on any atom is 0.0991 e. The standard InChI is InChI=1S/C11H12N2/c1-13-8-2-3-10-4-6-11(9-12)7-5-10/h2-7,13H,8H2,1H3. The van der Waals surface area contributed by atoms with Gasteiger partial charge in [-0.15, -0.1) is 0 Å². The van der Waals surface area contributed by atoms with Crippen LogP contribution in [0.5, 0.6) is 0 Å². The van der Waals surface area contributed by atoms with Crippen molar-refractivity contribution < 1.29 is 0 Å². The third-order valence-electron chi connectivity index (χ3n) is 1.67. The summed E-state index contributed by atoms with van der Waals surface area (Å²) in [6.07, 6.45) is 4.07. The van der Waals surface area contributed by atoms with Crippen LogP contribution in [0, 0.1) is 11.3 Å². The van der Waals surface area contributed by atoms with E-state index in [0.29, 0.717) is 5.56 Å². The molecule has 13 heavy (non-hydrogen) atoms. The minimum Gasteiger partial charge on any atom is -0.316 e. The number of hydrogen-bond acceptors (Lipinski definition) is 2. The number of nitrogens with zero attached hydrogens (tertiary/aromatic N) is 1. The molecule has 0 fully saturated rings. The summed E-state index contributed by atoms with van der Waals surface area (Å²) in [5.74, 6) is 0. The van der Waals surface area contributed by atoms with Gasteiger partial charge in [-0.2, -0.15) is 5.26 Å². The van der Waals surface area contributed by atoms with Gasteiger partial charge in [0.15, 0.2) is 0 Å². The molecule has 0 saturated carbocycles. The van der Waals surface area contributed by atoms with Crippen molar-refractivity contribution in [3.8, 4) is 6.07 Å². The second kappa shape index (κ2) is 5.13. The summed E-state index contributed by atoms with van der Waals surface area (Å²) in [4.78, 5) is 0. The van der Waals surface area contributed by atoms with E-state index in [4.69, 9.17) is 5.26 Å². The van der Waals surface area contributed by atoms with Gasteiger partial charge >= 0.3 is 0 Å². The second-order valence-corrected chi connectivity index (χ2v) is 2.69. The molecule has 0 aromatic heterocycles. The largest absolute Gasteiger partial charge is 0.316 e. The first-order valence-corrected chi connectivity index (χ1v) is 4.18. The molecule has 0 heterocycles. The van der Waals surface area contributed by atoms with E-state index < -0.39 is 0 Å². The van der Waals surface area contributed by atoms with Gasteiger partial charge in [-0.3, -0.25) is 0 Å². The third kappa shape index (κ3) is 3.10. The van der Waals surface area contributed by atoms with Gasteiger partial charge in [-0.05, 0) is 24.7 Å². The van der Waals surface area contributed by atoms with Gasteiger partial charge in [0.05, 0.1) is 11.6 Å². The predicted molar refractivity (Wildman–Crippen MR) is 54.1 cm³/mol. The molecule has 0 unspecified atom stereocenters. The summed E-state index contributed by atoms with van der Waals surface area (Å²) >= 11 is 0. The van der Waals surface area contributed by atoms with E-state index in [2.05, 4.69) is 11.4 Å². The molecule has 1 aromatic carbocycles. The molecule has 2 nitrogen and oxygen atoms in total. The molecule has 0 radical (unpaired) electrons. The van der Waals surface area contributed by atoms with Crippen LogP contribution in [0.15, 0.2) is 30.3 Å². The second-order valence-electron chi connectivity index (χ2n) is 2.69. The maximum atomic E-state index is 8.56. The number of nitrogens with one attached hydrogen (secondary N) is 1. The lowest BCUT2D eigenvalue weighted by Crippen LogP contribution is -2.03. The van der Waals surface area contributed by atoms with Gasteiger partial charge in [-0.25, -0.2) is 0 Å². The van der Waals surface area contributed by atoms with Gasteiger partial charge in [0.25, 0.3) is 0 Å². The summed E-state index contributed by atoms with van der Waals surface area (Å²) in [6, 6.07) is 9.59. The Morgan fingerprint density at radius 2 is 2.08 bits per heavy atom. The molecule has 0 atom stereocenters. The summed E-state index contributed by atoms with van der Waals surface area (Å²) in [5.41, 5.74) is 1.82. The van der Waals surface area contributed by atoms with Crippen LogP contribution < -0.4 is 5.32 Å². The summed E-state index contributed by atoms with van der Waals surface area (Å²) in [7, 11) is 1.91. The first kappa shape index (κ1) is 9.50. The number of benzene rings is 1. The Morgan fingerprint density at radius 1 is 1.38 bits per heavy atom. The molecule has 1 rings (SSSR count). The van der Waals surface area contributed by atoms with Crippen molar-refractivity contribution in [1.82, 2.24) is 5.32 Å². The molecule has 1 N–H and O–H groups in total. The van der Waals surface area contributed by atoms with E-state index in [9.17, 15) is 0 Å². The van der Waals surface area contributed by atoms with Crippen molar-refractivity contribution in [3.05, 3.63) is 41.5 Å². The van der Waals surface area contributed by atoms with Crippen molar-refractivity contribution in [2.75, 3.05) is 13.6 Å². The Bertz CT molecular complexity index is 317. The molecule has 0 amide bonds. The highest BCUT2D eigenvalue weighted by Crippen LogP contribution is 2.04. The van der Waals surface area contributed by atoms with E-state index in [1.807, 2.05) is 43.5 Å². The van der Waals surface area contributed by atoms with Gasteiger partial charge in [0.2, 0.25) is 0 Å². The monoisotopic (exact) mass is 172 g/mol. The lowest BCUT2D eigenvalue weighted by molar-refractivity contribution is 0.922. The van der Waals surface area contributed by atoms with Crippen LogP contribution >= 0.6 is 0 Å². The van der Waals surface area contributed by atoms with E-state index in [1.54, 1.807) is 0 Å². The lowest BCUT2D eigenvalue weighted by Gasteiger charge is -1.93. The highest BCUT2D eigenvalue weighted by atomic mass is 14.8. The number of nitriles is 1. The minimum absolute atomic E-state index is 0.700. The van der Waals surface area contributed by atoms with Gasteiger partial charge < -0.3 is 5.32 Å². The first-order chi connectivity index (χ1) is 6.36. The van der Waals surface area contributed by atoms with Crippen LogP contribution in [0.1, 0.15) is 11.1 Å². The highest BCUT2D eigenvalue weighted by Gasteiger charge is 1.88. The van der Waals surface area contributed by atoms with E-state index in [-0.39, 0.29) is 0 Å². The van der Waals surface area contributed by atoms with Crippen LogP contribution in [-0.4, -0.2) is 13.6 Å². The molecule has 0 bridgehead atoms. The zero-order valence-electron chi connectivity index (χ0n) is 7.62. The van der Waals surface area contributed by atoms with Crippen molar-refractivity contribution in [1.29, 1.82) is 5.26 Å². The van der Waals surface area contributed by atoms with Crippen molar-refractivity contribution >= 4 is 6.08 Å². The zero-order valence-corrected chi connectivity index (χ0v) is 7.62. The minimum atomic E-state index is 0.700. The third-order valence-corrected chi connectivity index (χ3v) is 1.67. The SMILES string of the molecule is CNCC=Cc1ccc(C#N)cc1. The maximum absolute atomic E-state index is 8.56. The number of rotatable bonds is 3. The molecule has 0 saturated heterocycles. The quantitative estimate of drug-likeness (QED) is 0.754. The Hall–Kier alpha value is -1.59. The Balaban J connectivity index is 2.65. The molecule has 66 valence electrons. The van der Waals surface area contributed by atoms with Crippen LogP contribution in [-0.2, 0) is 0 Å². The molecule has 2 heteroatoms. The van der Waals surface area contributed by atoms with Gasteiger partial charge in [-0.1, -0.05) is 24.3 Å². The molecule has 0 spiro atoms. The Labute approximate surface area is 78.5 Å². The van der Waals surface area contributed by atoms with Crippen molar-refractivity contribution in [3.63, 3.8) is 0 Å². The van der Waals surface area contributed by atoms with Gasteiger partial charge in [0, 0.05) is 6.54 Å². The molecule has 0 aliphatic carbocycles. The average Bonchev–Trinajstić information content (AvgIpc) is 2.19. The van der Waals surface area contributed by atoms with Crippen molar-refractivity contribution in [2.24, 2.45) is 0 Å². The highest BCUT2D eigenvalue weighted by molar-refractivity contribution is 5.50. The summed E-state index contributed by atoms with van der Waals surface area (Å²) in [5, 5.41) is 11.6. The normalized spacial score (nSPS) is 10.2. The summed E-state index contributed by atoms with van der Waals surface area (Å²) < 4.78 is 0. The van der Waals surface area contributed by atoms with Crippen LogP contribution in [0.3, 0.4) is 0 Å².